The summed E-state index contributed by atoms with van der Waals surface area (Å²) in [6.45, 7) is 3.34. The van der Waals surface area contributed by atoms with E-state index in [0.717, 1.165) is 0 Å². The minimum absolute atomic E-state index is 0.00705. The molecule has 0 unspecified atom stereocenters. The number of carbonyl (C=O) groups is 2. The number of hydrogen-bond donors (Lipinski definition) is 1. The lowest BCUT2D eigenvalue weighted by Gasteiger charge is -2.04. The molecule has 1 heterocycles. The number of aromatic nitrogens is 1. The van der Waals surface area contributed by atoms with Crippen LogP contribution in [0.25, 0.3) is 0 Å². The van der Waals surface area contributed by atoms with Crippen LogP contribution in [0.4, 0.5) is 0 Å². The Balaban J connectivity index is 2.81. The number of esters is 1. The number of pyridine rings is 1. The summed E-state index contributed by atoms with van der Waals surface area (Å²) in [6, 6.07) is 1.35. The van der Waals surface area contributed by atoms with Crippen molar-refractivity contribution >= 4 is 11.8 Å². The van der Waals surface area contributed by atoms with Gasteiger partial charge in [0.15, 0.2) is 5.78 Å². The Bertz CT molecular complexity index is 414. The average Bonchev–Trinajstić information content (AvgIpc) is 2.17. The Morgan fingerprint density at radius 2 is 2.19 bits per heavy atom. The fourth-order valence-corrected chi connectivity index (χ4v) is 1.24. The maximum Gasteiger partial charge on any atom is 0.310 e. The van der Waals surface area contributed by atoms with E-state index in [0.29, 0.717) is 12.2 Å². The SMILES string of the molecule is CCOC(=O)Cc1cnc(C(C)=O)c(O)c1. The number of Topliss-reactive ketones (excluding diaryl/α,β-unsaturated/α-hetero) is 1. The summed E-state index contributed by atoms with van der Waals surface area (Å²) in [4.78, 5) is 25.9. The number of nitrogens with zero attached hydrogens (tertiary/aromatic N) is 1. The van der Waals surface area contributed by atoms with Gasteiger partial charge in [0, 0.05) is 13.1 Å². The van der Waals surface area contributed by atoms with Crippen LogP contribution in [0.15, 0.2) is 12.3 Å². The first-order chi connectivity index (χ1) is 7.54. The minimum atomic E-state index is -0.390. The van der Waals surface area contributed by atoms with Crippen LogP contribution in [0.5, 0.6) is 5.75 Å². The van der Waals surface area contributed by atoms with Crippen LogP contribution in [0.2, 0.25) is 0 Å². The number of rotatable bonds is 4. The summed E-state index contributed by atoms with van der Waals surface area (Å²) in [5, 5.41) is 9.47. The molecule has 1 aromatic heterocycles. The Kier molecular flexibility index (Phi) is 3.99. The van der Waals surface area contributed by atoms with Gasteiger partial charge in [-0.25, -0.2) is 4.98 Å². The van der Waals surface area contributed by atoms with Crippen molar-refractivity contribution in [3.8, 4) is 5.75 Å². The first-order valence-corrected chi connectivity index (χ1v) is 4.89. The van der Waals surface area contributed by atoms with Gasteiger partial charge in [-0.15, -0.1) is 0 Å². The maximum atomic E-state index is 11.1. The molecule has 5 nitrogen and oxygen atoms in total. The number of hydrogen-bond acceptors (Lipinski definition) is 5. The average molecular weight is 223 g/mol. The molecule has 86 valence electrons. The van der Waals surface area contributed by atoms with Crippen LogP contribution >= 0.6 is 0 Å². The topological polar surface area (TPSA) is 76.5 Å². The maximum absolute atomic E-state index is 11.1. The molecule has 1 aromatic rings. The third kappa shape index (κ3) is 3.05. The number of carbonyl (C=O) groups excluding carboxylic acids is 2. The quantitative estimate of drug-likeness (QED) is 0.610. The van der Waals surface area contributed by atoms with Crippen LogP contribution in [0, 0.1) is 0 Å². The molecule has 16 heavy (non-hydrogen) atoms. The van der Waals surface area contributed by atoms with Crippen molar-refractivity contribution in [1.82, 2.24) is 4.98 Å². The molecule has 0 bridgehead atoms. The van der Waals surface area contributed by atoms with Crippen LogP contribution < -0.4 is 0 Å². The molecule has 0 aliphatic rings. The second-order valence-electron chi connectivity index (χ2n) is 3.25. The van der Waals surface area contributed by atoms with Gasteiger partial charge < -0.3 is 9.84 Å². The van der Waals surface area contributed by atoms with Crippen molar-refractivity contribution < 1.29 is 19.4 Å². The monoisotopic (exact) mass is 223 g/mol. The zero-order valence-electron chi connectivity index (χ0n) is 9.19. The van der Waals surface area contributed by atoms with E-state index in [2.05, 4.69) is 4.98 Å². The van der Waals surface area contributed by atoms with Gasteiger partial charge in [-0.05, 0) is 18.6 Å². The van der Waals surface area contributed by atoms with E-state index in [1.165, 1.54) is 19.2 Å². The van der Waals surface area contributed by atoms with E-state index in [4.69, 9.17) is 4.74 Å². The molecule has 1 N–H and O–H groups in total. The molecular formula is C11H13NO4. The molecule has 0 amide bonds. The molecule has 1 rings (SSSR count). The van der Waals surface area contributed by atoms with E-state index in [9.17, 15) is 14.7 Å². The second kappa shape index (κ2) is 5.25. The highest BCUT2D eigenvalue weighted by Gasteiger charge is 2.11. The predicted octanol–water partition coefficient (Wildman–Crippen LogP) is 1.10. The molecule has 0 fully saturated rings. The van der Waals surface area contributed by atoms with Gasteiger partial charge in [0.05, 0.1) is 13.0 Å². The molecule has 0 saturated carbocycles. The first-order valence-electron chi connectivity index (χ1n) is 4.89. The molecule has 0 aliphatic carbocycles. The largest absolute Gasteiger partial charge is 0.506 e. The Labute approximate surface area is 93.1 Å². The molecule has 0 aromatic carbocycles. The van der Waals surface area contributed by atoms with Gasteiger partial charge in [0.2, 0.25) is 0 Å². The Morgan fingerprint density at radius 1 is 1.50 bits per heavy atom. The van der Waals surface area contributed by atoms with Crippen molar-refractivity contribution in [2.24, 2.45) is 0 Å². The molecule has 0 spiro atoms. The summed E-state index contributed by atoms with van der Waals surface area (Å²) >= 11 is 0. The van der Waals surface area contributed by atoms with Crippen molar-refractivity contribution in [2.45, 2.75) is 20.3 Å². The minimum Gasteiger partial charge on any atom is -0.506 e. The fraction of sp³-hybridized carbons (Fsp3) is 0.364. The summed E-state index contributed by atoms with van der Waals surface area (Å²) in [5.74, 6) is -0.922. The van der Waals surface area contributed by atoms with E-state index in [-0.39, 0.29) is 29.6 Å². The summed E-state index contributed by atoms with van der Waals surface area (Å²) in [5.41, 5.74) is 0.522. The zero-order valence-corrected chi connectivity index (χ0v) is 9.19. The highest BCUT2D eigenvalue weighted by atomic mass is 16.5. The van der Waals surface area contributed by atoms with Crippen molar-refractivity contribution in [1.29, 1.82) is 0 Å². The van der Waals surface area contributed by atoms with Crippen LogP contribution in [-0.4, -0.2) is 28.4 Å². The molecule has 5 heteroatoms. The van der Waals surface area contributed by atoms with Crippen molar-refractivity contribution in [3.05, 3.63) is 23.5 Å². The molecule has 0 aliphatic heterocycles. The lowest BCUT2D eigenvalue weighted by Crippen LogP contribution is -2.08. The van der Waals surface area contributed by atoms with Crippen LogP contribution in [-0.2, 0) is 16.0 Å². The highest BCUT2D eigenvalue weighted by molar-refractivity contribution is 5.94. The van der Waals surface area contributed by atoms with E-state index in [1.807, 2.05) is 0 Å². The number of ketones is 1. The van der Waals surface area contributed by atoms with Gasteiger partial charge in [0.25, 0.3) is 0 Å². The number of ether oxygens (including phenoxy) is 1. The van der Waals surface area contributed by atoms with Gasteiger partial charge in [-0.2, -0.15) is 0 Å². The Morgan fingerprint density at radius 3 is 2.69 bits per heavy atom. The van der Waals surface area contributed by atoms with Crippen molar-refractivity contribution in [3.63, 3.8) is 0 Å². The molecule has 0 atom stereocenters. The third-order valence-corrected chi connectivity index (χ3v) is 1.91. The lowest BCUT2D eigenvalue weighted by atomic mass is 10.1. The standard InChI is InChI=1S/C11H13NO4/c1-3-16-10(15)5-8-4-9(14)11(7(2)13)12-6-8/h4,6,14H,3,5H2,1-2H3. The number of aromatic hydroxyl groups is 1. The van der Waals surface area contributed by atoms with Crippen LogP contribution in [0.1, 0.15) is 29.9 Å². The normalized spacial score (nSPS) is 9.88. The summed E-state index contributed by atoms with van der Waals surface area (Å²) in [7, 11) is 0. The lowest BCUT2D eigenvalue weighted by molar-refractivity contribution is -0.142. The summed E-state index contributed by atoms with van der Waals surface area (Å²) in [6.07, 6.45) is 1.42. The van der Waals surface area contributed by atoms with Gasteiger partial charge >= 0.3 is 5.97 Å². The van der Waals surface area contributed by atoms with E-state index in [1.54, 1.807) is 6.92 Å². The second-order valence-corrected chi connectivity index (χ2v) is 3.25. The highest BCUT2D eigenvalue weighted by Crippen LogP contribution is 2.16. The predicted molar refractivity (Wildman–Crippen MR) is 56.2 cm³/mol. The molecular weight excluding hydrogens is 210 g/mol. The van der Waals surface area contributed by atoms with Gasteiger partial charge in [0.1, 0.15) is 11.4 Å². The van der Waals surface area contributed by atoms with E-state index >= 15 is 0 Å². The Hall–Kier alpha value is -1.91. The molecule has 0 saturated heterocycles. The van der Waals surface area contributed by atoms with Crippen molar-refractivity contribution in [2.75, 3.05) is 6.61 Å². The fourth-order valence-electron chi connectivity index (χ4n) is 1.24. The van der Waals surface area contributed by atoms with Gasteiger partial charge in [-0.3, -0.25) is 9.59 Å². The first kappa shape index (κ1) is 12.2. The van der Waals surface area contributed by atoms with E-state index < -0.39 is 0 Å². The van der Waals surface area contributed by atoms with Gasteiger partial charge in [-0.1, -0.05) is 0 Å². The molecule has 0 radical (unpaired) electrons. The smallest absolute Gasteiger partial charge is 0.310 e. The third-order valence-electron chi connectivity index (χ3n) is 1.91. The van der Waals surface area contributed by atoms with Crippen LogP contribution in [0.3, 0.4) is 0 Å². The summed E-state index contributed by atoms with van der Waals surface area (Å²) < 4.78 is 4.75. The zero-order chi connectivity index (χ0) is 12.1.